The molecule has 0 unspecified atom stereocenters. The van der Waals surface area contributed by atoms with Crippen molar-refractivity contribution in [3.63, 3.8) is 0 Å². The molecular weight excluding hydrogens is 236 g/mol. The molecule has 1 fully saturated rings. The molecule has 1 aromatic carbocycles. The van der Waals surface area contributed by atoms with Crippen molar-refractivity contribution < 1.29 is 9.90 Å². The lowest BCUT2D eigenvalue weighted by Gasteiger charge is -2.34. The van der Waals surface area contributed by atoms with E-state index in [1.807, 2.05) is 12.1 Å². The van der Waals surface area contributed by atoms with Crippen LogP contribution in [0, 0.1) is 11.8 Å². The topological polar surface area (TPSA) is 37.3 Å². The molecule has 0 radical (unpaired) electrons. The number of rotatable bonds is 4. The number of aromatic carboxylic acids is 1. The van der Waals surface area contributed by atoms with E-state index >= 15 is 0 Å². The summed E-state index contributed by atoms with van der Waals surface area (Å²) >= 11 is 0. The fourth-order valence-electron chi connectivity index (χ4n) is 3.46. The van der Waals surface area contributed by atoms with Crippen LogP contribution in [-0.4, -0.2) is 11.1 Å². The first kappa shape index (κ1) is 14.1. The molecule has 1 N–H and O–H groups in total. The van der Waals surface area contributed by atoms with Crippen LogP contribution in [0.5, 0.6) is 0 Å². The average molecular weight is 260 g/mol. The van der Waals surface area contributed by atoms with E-state index in [1.54, 1.807) is 12.1 Å². The molecule has 2 rings (SSSR count). The van der Waals surface area contributed by atoms with E-state index in [0.717, 1.165) is 11.8 Å². The molecule has 0 bridgehead atoms. The van der Waals surface area contributed by atoms with Gasteiger partial charge in [0.25, 0.3) is 0 Å². The lowest BCUT2D eigenvalue weighted by Crippen LogP contribution is -2.21. The van der Waals surface area contributed by atoms with Gasteiger partial charge < -0.3 is 5.11 Å². The zero-order chi connectivity index (χ0) is 13.8. The maximum Gasteiger partial charge on any atom is 0.335 e. The van der Waals surface area contributed by atoms with Crippen molar-refractivity contribution in [1.29, 1.82) is 0 Å². The molecule has 2 nitrogen and oxygen atoms in total. The lowest BCUT2D eigenvalue weighted by atomic mass is 9.71. The minimum Gasteiger partial charge on any atom is -0.478 e. The van der Waals surface area contributed by atoms with Crippen molar-refractivity contribution in [3.8, 4) is 0 Å². The summed E-state index contributed by atoms with van der Waals surface area (Å²) in [5, 5.41) is 8.92. The van der Waals surface area contributed by atoms with Crippen LogP contribution in [0.2, 0.25) is 0 Å². The Labute approximate surface area is 115 Å². The van der Waals surface area contributed by atoms with Gasteiger partial charge in [-0.1, -0.05) is 38.8 Å². The summed E-state index contributed by atoms with van der Waals surface area (Å²) in [6.07, 6.45) is 6.46. The van der Waals surface area contributed by atoms with E-state index in [-0.39, 0.29) is 0 Å². The van der Waals surface area contributed by atoms with Gasteiger partial charge in [-0.3, -0.25) is 0 Å². The monoisotopic (exact) mass is 260 g/mol. The van der Waals surface area contributed by atoms with Crippen LogP contribution in [0.25, 0.3) is 0 Å². The smallest absolute Gasteiger partial charge is 0.335 e. The highest BCUT2D eigenvalue weighted by molar-refractivity contribution is 5.87. The van der Waals surface area contributed by atoms with Crippen LogP contribution in [0.3, 0.4) is 0 Å². The first-order valence-electron chi connectivity index (χ1n) is 7.45. The number of carboxylic acids is 1. The van der Waals surface area contributed by atoms with E-state index in [4.69, 9.17) is 5.11 Å². The third-order valence-corrected chi connectivity index (χ3v) is 4.64. The molecule has 0 heterocycles. The fraction of sp³-hybridized carbons (Fsp3) is 0.588. The molecule has 19 heavy (non-hydrogen) atoms. The highest BCUT2D eigenvalue weighted by Crippen LogP contribution is 2.41. The van der Waals surface area contributed by atoms with Crippen molar-refractivity contribution in [1.82, 2.24) is 0 Å². The molecule has 2 heteroatoms. The first-order valence-corrected chi connectivity index (χ1v) is 7.45. The van der Waals surface area contributed by atoms with Gasteiger partial charge in [-0.05, 0) is 54.7 Å². The molecule has 3 atom stereocenters. The van der Waals surface area contributed by atoms with Crippen LogP contribution in [0.4, 0.5) is 0 Å². The number of carboxylic acid groups (broad SMARTS) is 1. The number of hydrogen-bond acceptors (Lipinski definition) is 1. The normalized spacial score (nSPS) is 27.2. The maximum absolute atomic E-state index is 10.9. The number of hydrogen-bond donors (Lipinski definition) is 1. The summed E-state index contributed by atoms with van der Waals surface area (Å²) < 4.78 is 0. The number of benzene rings is 1. The molecular formula is C17H24O2. The van der Waals surface area contributed by atoms with Crippen LogP contribution < -0.4 is 0 Å². The molecule has 0 amide bonds. The molecule has 0 saturated heterocycles. The van der Waals surface area contributed by atoms with Crippen LogP contribution in [0.15, 0.2) is 24.3 Å². The Balaban J connectivity index is 2.01. The summed E-state index contributed by atoms with van der Waals surface area (Å²) in [5.41, 5.74) is 1.70. The van der Waals surface area contributed by atoms with Crippen LogP contribution in [0.1, 0.15) is 67.8 Å². The third kappa shape index (κ3) is 3.37. The molecule has 0 aromatic heterocycles. The predicted octanol–water partition coefficient (Wildman–Crippen LogP) is 4.70. The maximum atomic E-state index is 10.9. The fourth-order valence-corrected chi connectivity index (χ4v) is 3.46. The van der Waals surface area contributed by atoms with Gasteiger partial charge in [0.15, 0.2) is 0 Å². The van der Waals surface area contributed by atoms with Crippen molar-refractivity contribution in [2.45, 2.75) is 51.9 Å². The number of carbonyl (C=O) groups is 1. The molecule has 1 aliphatic rings. The minimum atomic E-state index is -0.841. The van der Waals surface area contributed by atoms with Crippen LogP contribution >= 0.6 is 0 Å². The Kier molecular flexibility index (Phi) is 4.62. The highest BCUT2D eigenvalue weighted by atomic mass is 16.4. The Hall–Kier alpha value is -1.31. The molecule has 1 aliphatic carbocycles. The summed E-state index contributed by atoms with van der Waals surface area (Å²) in [4.78, 5) is 10.9. The second-order valence-corrected chi connectivity index (χ2v) is 5.96. The van der Waals surface area contributed by atoms with Crippen molar-refractivity contribution in [2.24, 2.45) is 11.8 Å². The van der Waals surface area contributed by atoms with E-state index in [1.165, 1.54) is 37.7 Å². The molecule has 104 valence electrons. The molecule has 0 spiro atoms. The van der Waals surface area contributed by atoms with E-state index in [0.29, 0.717) is 11.5 Å². The summed E-state index contributed by atoms with van der Waals surface area (Å²) in [6.45, 7) is 4.64. The average Bonchev–Trinajstić information content (AvgIpc) is 2.41. The standard InChI is InChI=1S/C17H24O2/c1-3-4-13-5-10-16(11-12(13)2)14-6-8-15(9-7-14)17(18)19/h6-9,12-13,16H,3-5,10-11H2,1-2H3,(H,18,19)/t12-,13-,16+/m0/s1. The van der Waals surface area contributed by atoms with Crippen LogP contribution in [-0.2, 0) is 0 Å². The summed E-state index contributed by atoms with van der Waals surface area (Å²) in [5.74, 6) is 1.45. The van der Waals surface area contributed by atoms with Gasteiger partial charge in [0, 0.05) is 0 Å². The van der Waals surface area contributed by atoms with Gasteiger partial charge in [-0.25, -0.2) is 4.79 Å². The Morgan fingerprint density at radius 3 is 2.47 bits per heavy atom. The lowest BCUT2D eigenvalue weighted by molar-refractivity contribution is 0.0697. The Bertz CT molecular complexity index is 421. The largest absolute Gasteiger partial charge is 0.478 e. The third-order valence-electron chi connectivity index (χ3n) is 4.64. The van der Waals surface area contributed by atoms with E-state index in [9.17, 15) is 4.79 Å². The Morgan fingerprint density at radius 2 is 1.95 bits per heavy atom. The molecule has 0 aliphatic heterocycles. The summed E-state index contributed by atoms with van der Waals surface area (Å²) in [7, 11) is 0. The minimum absolute atomic E-state index is 0.386. The van der Waals surface area contributed by atoms with E-state index in [2.05, 4.69) is 13.8 Å². The second kappa shape index (κ2) is 6.23. The SMILES string of the molecule is CCC[C@H]1CC[C@@H](c2ccc(C(=O)O)cc2)C[C@@H]1C. The zero-order valence-electron chi connectivity index (χ0n) is 11.9. The van der Waals surface area contributed by atoms with Gasteiger partial charge >= 0.3 is 5.97 Å². The van der Waals surface area contributed by atoms with Gasteiger partial charge in [-0.2, -0.15) is 0 Å². The van der Waals surface area contributed by atoms with E-state index < -0.39 is 5.97 Å². The zero-order valence-corrected chi connectivity index (χ0v) is 11.9. The van der Waals surface area contributed by atoms with Gasteiger partial charge in [-0.15, -0.1) is 0 Å². The van der Waals surface area contributed by atoms with Gasteiger partial charge in [0.1, 0.15) is 0 Å². The second-order valence-electron chi connectivity index (χ2n) is 5.96. The highest BCUT2D eigenvalue weighted by Gasteiger charge is 2.27. The van der Waals surface area contributed by atoms with Gasteiger partial charge in [0.05, 0.1) is 5.56 Å². The Morgan fingerprint density at radius 1 is 1.26 bits per heavy atom. The van der Waals surface area contributed by atoms with Crippen molar-refractivity contribution in [3.05, 3.63) is 35.4 Å². The predicted molar refractivity (Wildman–Crippen MR) is 77.6 cm³/mol. The molecule has 1 saturated carbocycles. The summed E-state index contributed by atoms with van der Waals surface area (Å²) in [6, 6.07) is 7.48. The quantitative estimate of drug-likeness (QED) is 0.851. The van der Waals surface area contributed by atoms with Gasteiger partial charge in [0.2, 0.25) is 0 Å². The van der Waals surface area contributed by atoms with Crippen molar-refractivity contribution >= 4 is 5.97 Å². The molecule has 1 aromatic rings. The van der Waals surface area contributed by atoms with Crippen molar-refractivity contribution in [2.75, 3.05) is 0 Å². The first-order chi connectivity index (χ1) is 9.11.